The van der Waals surface area contributed by atoms with Crippen LogP contribution in [-0.4, -0.2) is 15.4 Å². The van der Waals surface area contributed by atoms with Crippen molar-refractivity contribution in [2.75, 3.05) is 5.73 Å². The van der Waals surface area contributed by atoms with Gasteiger partial charge in [-0.2, -0.15) is 10.3 Å². The maximum Gasteiger partial charge on any atom is 0.173 e. The fourth-order valence-electron chi connectivity index (χ4n) is 1.06. The third kappa shape index (κ3) is 1.55. The largest absolute Gasteiger partial charge is 0.380 e. The van der Waals surface area contributed by atoms with Crippen LogP contribution in [0.15, 0.2) is 28.7 Å². The first-order valence-electron chi connectivity index (χ1n) is 3.69. The molecule has 0 spiro atoms. The van der Waals surface area contributed by atoms with Crippen LogP contribution in [0.3, 0.4) is 0 Å². The van der Waals surface area contributed by atoms with Crippen LogP contribution in [0.25, 0.3) is 11.3 Å². The van der Waals surface area contributed by atoms with Gasteiger partial charge in [0.25, 0.3) is 0 Å². The number of halogens is 1. The molecule has 0 amide bonds. The van der Waals surface area contributed by atoms with Crippen LogP contribution in [0.2, 0.25) is 0 Å². The molecule has 0 bridgehead atoms. The fourth-order valence-corrected chi connectivity index (χ4v) is 1.32. The van der Waals surface area contributed by atoms with Gasteiger partial charge >= 0.3 is 0 Å². The van der Waals surface area contributed by atoms with Gasteiger partial charge in [0.1, 0.15) is 5.69 Å². The van der Waals surface area contributed by atoms with E-state index in [1.54, 1.807) is 0 Å². The Morgan fingerprint density at radius 2 is 1.85 bits per heavy atom. The van der Waals surface area contributed by atoms with Crippen molar-refractivity contribution in [3.05, 3.63) is 28.7 Å². The summed E-state index contributed by atoms with van der Waals surface area (Å²) in [5.41, 5.74) is 7.23. The molecule has 0 atom stereocenters. The number of nitrogens with zero attached hydrogens (tertiary/aromatic N) is 2. The molecular weight excluding hydrogens is 232 g/mol. The Balaban J connectivity index is 2.47. The zero-order valence-electron chi connectivity index (χ0n) is 6.66. The number of aromatic nitrogens is 3. The highest BCUT2D eigenvalue weighted by Gasteiger charge is 2.05. The minimum atomic E-state index is 0.419. The summed E-state index contributed by atoms with van der Waals surface area (Å²) in [6.45, 7) is 0. The molecule has 0 unspecified atom stereocenters. The molecule has 13 heavy (non-hydrogen) atoms. The van der Waals surface area contributed by atoms with E-state index in [0.717, 1.165) is 10.0 Å². The summed E-state index contributed by atoms with van der Waals surface area (Å²) in [6, 6.07) is 7.73. The normalized spacial score (nSPS) is 10.2. The minimum absolute atomic E-state index is 0.419. The SMILES string of the molecule is Nc1n[nH]nc1-c1ccc(Br)cc1. The zero-order chi connectivity index (χ0) is 9.26. The van der Waals surface area contributed by atoms with Crippen LogP contribution < -0.4 is 5.73 Å². The molecule has 0 saturated heterocycles. The van der Waals surface area contributed by atoms with E-state index < -0.39 is 0 Å². The molecule has 1 aromatic carbocycles. The lowest BCUT2D eigenvalue weighted by Crippen LogP contribution is -1.87. The van der Waals surface area contributed by atoms with Crippen molar-refractivity contribution in [3.63, 3.8) is 0 Å². The highest BCUT2D eigenvalue weighted by molar-refractivity contribution is 9.10. The fraction of sp³-hybridized carbons (Fsp3) is 0. The molecule has 3 N–H and O–H groups in total. The number of benzene rings is 1. The number of nitrogens with two attached hydrogens (primary N) is 1. The van der Waals surface area contributed by atoms with Gasteiger partial charge in [-0.05, 0) is 12.1 Å². The number of nitrogens with one attached hydrogen (secondary N) is 1. The maximum absolute atomic E-state index is 5.59. The van der Waals surface area contributed by atoms with Crippen LogP contribution >= 0.6 is 15.9 Å². The van der Waals surface area contributed by atoms with E-state index in [4.69, 9.17) is 5.73 Å². The number of H-pyrrole nitrogens is 1. The highest BCUT2D eigenvalue weighted by Crippen LogP contribution is 2.22. The van der Waals surface area contributed by atoms with Gasteiger partial charge in [-0.25, -0.2) is 0 Å². The monoisotopic (exact) mass is 238 g/mol. The summed E-state index contributed by atoms with van der Waals surface area (Å²) in [5, 5.41) is 10.2. The molecule has 0 saturated carbocycles. The molecule has 0 radical (unpaired) electrons. The van der Waals surface area contributed by atoms with Gasteiger partial charge in [-0.15, -0.1) is 5.10 Å². The third-order valence-corrected chi connectivity index (χ3v) is 2.22. The van der Waals surface area contributed by atoms with Crippen LogP contribution in [0.5, 0.6) is 0 Å². The molecule has 0 fully saturated rings. The number of hydrogen-bond donors (Lipinski definition) is 2. The average molecular weight is 239 g/mol. The number of anilines is 1. The van der Waals surface area contributed by atoms with Gasteiger partial charge < -0.3 is 5.73 Å². The summed E-state index contributed by atoms with van der Waals surface area (Å²) in [7, 11) is 0. The van der Waals surface area contributed by atoms with Gasteiger partial charge in [0, 0.05) is 10.0 Å². The van der Waals surface area contributed by atoms with Crippen LogP contribution in [-0.2, 0) is 0 Å². The molecule has 66 valence electrons. The first-order valence-corrected chi connectivity index (χ1v) is 4.49. The van der Waals surface area contributed by atoms with Crippen molar-refractivity contribution in [3.8, 4) is 11.3 Å². The Bertz CT molecular complexity index is 406. The Hall–Kier alpha value is -1.36. The molecule has 4 nitrogen and oxygen atoms in total. The number of nitrogen functional groups attached to an aromatic ring is 1. The van der Waals surface area contributed by atoms with E-state index in [2.05, 4.69) is 31.3 Å². The summed E-state index contributed by atoms with van der Waals surface area (Å²) in [6.07, 6.45) is 0. The van der Waals surface area contributed by atoms with Crippen molar-refractivity contribution >= 4 is 21.7 Å². The summed E-state index contributed by atoms with van der Waals surface area (Å²) in [4.78, 5) is 0. The zero-order valence-corrected chi connectivity index (χ0v) is 8.25. The first kappa shape index (κ1) is 8.25. The third-order valence-electron chi connectivity index (χ3n) is 1.69. The lowest BCUT2D eigenvalue weighted by Gasteiger charge is -1.96. The number of hydrogen-bond acceptors (Lipinski definition) is 3. The predicted molar refractivity (Wildman–Crippen MR) is 53.9 cm³/mol. The standard InChI is InChI=1S/C8H7BrN4/c9-6-3-1-5(2-4-6)7-8(10)12-13-11-7/h1-4H,(H3,10,11,12,13). The number of aromatic amines is 1. The lowest BCUT2D eigenvalue weighted by molar-refractivity contribution is 0.945. The quantitative estimate of drug-likeness (QED) is 0.797. The smallest absolute Gasteiger partial charge is 0.173 e. The van der Waals surface area contributed by atoms with Crippen molar-refractivity contribution < 1.29 is 0 Å². The molecule has 0 aliphatic carbocycles. The highest BCUT2D eigenvalue weighted by atomic mass is 79.9. The van der Waals surface area contributed by atoms with E-state index in [9.17, 15) is 0 Å². The van der Waals surface area contributed by atoms with E-state index in [1.165, 1.54) is 0 Å². The van der Waals surface area contributed by atoms with Gasteiger partial charge in [0.2, 0.25) is 0 Å². The summed E-state index contributed by atoms with van der Waals surface area (Å²) in [5.74, 6) is 0.419. The van der Waals surface area contributed by atoms with Gasteiger partial charge in [0.15, 0.2) is 5.82 Å². The molecule has 1 aromatic heterocycles. The molecule has 5 heteroatoms. The first-order chi connectivity index (χ1) is 6.27. The molecule has 1 heterocycles. The Labute approximate surface area is 83.3 Å². The van der Waals surface area contributed by atoms with E-state index in [1.807, 2.05) is 24.3 Å². The minimum Gasteiger partial charge on any atom is -0.380 e. The molecule has 0 aliphatic rings. The predicted octanol–water partition coefficient (Wildman–Crippen LogP) is 1.82. The topological polar surface area (TPSA) is 67.6 Å². The molecule has 0 aliphatic heterocycles. The average Bonchev–Trinajstić information content (AvgIpc) is 2.53. The Morgan fingerprint density at radius 1 is 1.15 bits per heavy atom. The molecule has 2 rings (SSSR count). The Kier molecular flexibility index (Phi) is 2.02. The van der Waals surface area contributed by atoms with Crippen LogP contribution in [0, 0.1) is 0 Å². The van der Waals surface area contributed by atoms with Crippen molar-refractivity contribution in [1.29, 1.82) is 0 Å². The van der Waals surface area contributed by atoms with Crippen molar-refractivity contribution in [1.82, 2.24) is 15.4 Å². The second kappa shape index (κ2) is 3.18. The lowest BCUT2D eigenvalue weighted by atomic mass is 10.2. The van der Waals surface area contributed by atoms with Gasteiger partial charge in [-0.3, -0.25) is 0 Å². The van der Waals surface area contributed by atoms with Crippen LogP contribution in [0.1, 0.15) is 0 Å². The van der Waals surface area contributed by atoms with Gasteiger partial charge in [-0.1, -0.05) is 28.1 Å². The van der Waals surface area contributed by atoms with Crippen molar-refractivity contribution in [2.24, 2.45) is 0 Å². The van der Waals surface area contributed by atoms with E-state index in [-0.39, 0.29) is 0 Å². The maximum atomic E-state index is 5.59. The second-order valence-electron chi connectivity index (χ2n) is 2.56. The second-order valence-corrected chi connectivity index (χ2v) is 3.48. The summed E-state index contributed by atoms with van der Waals surface area (Å²) < 4.78 is 1.03. The van der Waals surface area contributed by atoms with Crippen molar-refractivity contribution in [2.45, 2.75) is 0 Å². The van der Waals surface area contributed by atoms with E-state index in [0.29, 0.717) is 11.5 Å². The number of rotatable bonds is 1. The van der Waals surface area contributed by atoms with E-state index >= 15 is 0 Å². The van der Waals surface area contributed by atoms with Gasteiger partial charge in [0.05, 0.1) is 0 Å². The Morgan fingerprint density at radius 3 is 2.38 bits per heavy atom. The van der Waals surface area contributed by atoms with Crippen LogP contribution in [0.4, 0.5) is 5.82 Å². The molecular formula is C8H7BrN4. The molecule has 2 aromatic rings. The summed E-state index contributed by atoms with van der Waals surface area (Å²) >= 11 is 3.35.